The predicted octanol–water partition coefficient (Wildman–Crippen LogP) is 4.88. The molecule has 0 unspecified atom stereocenters. The van der Waals surface area contributed by atoms with Crippen LogP contribution < -0.4 is 0 Å². The van der Waals surface area contributed by atoms with Gasteiger partial charge in [0.1, 0.15) is 0 Å². The van der Waals surface area contributed by atoms with Crippen LogP contribution in [0.25, 0.3) is 0 Å². The second-order valence-corrected chi connectivity index (χ2v) is 4.67. The Morgan fingerprint density at radius 2 is 1.82 bits per heavy atom. The van der Waals surface area contributed by atoms with Crippen LogP contribution >= 0.6 is 0 Å². The molecule has 0 heteroatoms. The molecule has 1 aromatic rings. The van der Waals surface area contributed by atoms with Gasteiger partial charge in [-0.1, -0.05) is 50.7 Å². The van der Waals surface area contributed by atoms with Gasteiger partial charge in [-0.3, -0.25) is 0 Å². The molecule has 0 spiro atoms. The van der Waals surface area contributed by atoms with Crippen LogP contribution in [0.3, 0.4) is 0 Å². The van der Waals surface area contributed by atoms with Crippen LogP contribution in [0.15, 0.2) is 18.2 Å². The first-order valence-electron chi connectivity index (χ1n) is 6.86. The summed E-state index contributed by atoms with van der Waals surface area (Å²) in [5.74, 6) is 6.64. The van der Waals surface area contributed by atoms with E-state index in [2.05, 4.69) is 50.8 Å². The minimum absolute atomic E-state index is 1.03. The lowest BCUT2D eigenvalue weighted by molar-refractivity contribution is 0.793. The molecule has 0 aliphatic carbocycles. The number of rotatable bonds is 5. The van der Waals surface area contributed by atoms with Crippen molar-refractivity contribution in [1.82, 2.24) is 0 Å². The van der Waals surface area contributed by atoms with Crippen molar-refractivity contribution in [3.8, 4) is 11.8 Å². The average Bonchev–Trinajstić information content (AvgIpc) is 2.33. The van der Waals surface area contributed by atoms with Gasteiger partial charge in [-0.05, 0) is 43.4 Å². The molecule has 17 heavy (non-hydrogen) atoms. The molecule has 0 nitrogen and oxygen atoms in total. The highest BCUT2D eigenvalue weighted by molar-refractivity contribution is 5.43. The summed E-state index contributed by atoms with van der Waals surface area (Å²) in [6.07, 6.45) is 7.13. The molecule has 0 aliphatic heterocycles. The van der Waals surface area contributed by atoms with Crippen LogP contribution in [0, 0.1) is 18.8 Å². The fourth-order valence-corrected chi connectivity index (χ4v) is 1.81. The first-order chi connectivity index (χ1) is 8.27. The van der Waals surface area contributed by atoms with Crippen molar-refractivity contribution in [2.75, 3.05) is 0 Å². The molecule has 0 amide bonds. The quantitative estimate of drug-likeness (QED) is 0.498. The van der Waals surface area contributed by atoms with Gasteiger partial charge in [0.25, 0.3) is 0 Å². The van der Waals surface area contributed by atoms with Crippen LogP contribution in [0.5, 0.6) is 0 Å². The highest BCUT2D eigenvalue weighted by atomic mass is 14.0. The minimum atomic E-state index is 1.03. The van der Waals surface area contributed by atoms with Crippen molar-refractivity contribution < 1.29 is 0 Å². The molecule has 0 aliphatic rings. The molecule has 1 rings (SSSR count). The van der Waals surface area contributed by atoms with E-state index < -0.39 is 0 Å². The lowest BCUT2D eigenvalue weighted by Gasteiger charge is -2.05. The van der Waals surface area contributed by atoms with E-state index >= 15 is 0 Å². The minimum Gasteiger partial charge on any atom is -0.0979 e. The third kappa shape index (κ3) is 5.09. The van der Waals surface area contributed by atoms with Crippen LogP contribution in [0.4, 0.5) is 0 Å². The number of unbranched alkanes of at least 4 members (excludes halogenated alkanes) is 3. The highest BCUT2D eigenvalue weighted by Crippen LogP contribution is 2.13. The highest BCUT2D eigenvalue weighted by Gasteiger charge is 1.99. The molecule has 1 aromatic carbocycles. The van der Waals surface area contributed by atoms with Gasteiger partial charge in [-0.2, -0.15) is 0 Å². The smallest absolute Gasteiger partial charge is 0.0279 e. The zero-order chi connectivity index (χ0) is 12.5. The summed E-state index contributed by atoms with van der Waals surface area (Å²) < 4.78 is 0. The second-order valence-electron chi connectivity index (χ2n) is 4.67. The van der Waals surface area contributed by atoms with Crippen LogP contribution in [0.1, 0.15) is 62.6 Å². The maximum absolute atomic E-state index is 3.35. The third-order valence-electron chi connectivity index (χ3n) is 2.94. The van der Waals surface area contributed by atoms with E-state index in [1.54, 1.807) is 0 Å². The maximum Gasteiger partial charge on any atom is 0.0279 e. The SMILES string of the molecule is CCCCC#Cc1cc(C)ccc1CCCC. The number of hydrogen-bond donors (Lipinski definition) is 0. The van der Waals surface area contributed by atoms with Gasteiger partial charge in [0, 0.05) is 12.0 Å². The molecule has 0 saturated heterocycles. The molecule has 0 fully saturated rings. The third-order valence-corrected chi connectivity index (χ3v) is 2.94. The van der Waals surface area contributed by atoms with Gasteiger partial charge in [-0.15, -0.1) is 0 Å². The lowest BCUT2D eigenvalue weighted by Crippen LogP contribution is -1.91. The molecular formula is C17H24. The van der Waals surface area contributed by atoms with E-state index in [9.17, 15) is 0 Å². The van der Waals surface area contributed by atoms with Crippen LogP contribution in [-0.2, 0) is 6.42 Å². The summed E-state index contributed by atoms with van der Waals surface area (Å²) in [7, 11) is 0. The molecule has 0 radical (unpaired) electrons. The summed E-state index contributed by atoms with van der Waals surface area (Å²) in [6.45, 7) is 6.59. The summed E-state index contributed by atoms with van der Waals surface area (Å²) in [6, 6.07) is 6.67. The Labute approximate surface area is 106 Å². The van der Waals surface area contributed by atoms with Crippen molar-refractivity contribution in [3.05, 3.63) is 34.9 Å². The average molecular weight is 228 g/mol. The van der Waals surface area contributed by atoms with Crippen molar-refractivity contribution in [2.45, 2.75) is 59.3 Å². The van der Waals surface area contributed by atoms with Gasteiger partial charge >= 0.3 is 0 Å². The summed E-state index contributed by atoms with van der Waals surface area (Å²) in [4.78, 5) is 0. The lowest BCUT2D eigenvalue weighted by atomic mass is 10.00. The Kier molecular flexibility index (Phi) is 6.48. The van der Waals surface area contributed by atoms with Crippen molar-refractivity contribution in [3.63, 3.8) is 0 Å². The normalized spacial score (nSPS) is 9.82. The molecule has 0 aromatic heterocycles. The van der Waals surface area contributed by atoms with Gasteiger partial charge in [-0.25, -0.2) is 0 Å². The van der Waals surface area contributed by atoms with Gasteiger partial charge in [0.15, 0.2) is 0 Å². The van der Waals surface area contributed by atoms with Crippen molar-refractivity contribution >= 4 is 0 Å². The first-order valence-corrected chi connectivity index (χ1v) is 6.86. The van der Waals surface area contributed by atoms with E-state index in [1.165, 1.54) is 42.4 Å². The standard InChI is InChI=1S/C17H24/c1-4-6-8-9-11-17-14-15(3)12-13-16(17)10-7-5-2/h12-14H,4-8,10H2,1-3H3. The topological polar surface area (TPSA) is 0 Å². The second kappa shape index (κ2) is 7.96. The molecule has 0 N–H and O–H groups in total. The number of aryl methyl sites for hydroxylation is 2. The fourth-order valence-electron chi connectivity index (χ4n) is 1.81. The van der Waals surface area contributed by atoms with Crippen molar-refractivity contribution in [1.29, 1.82) is 0 Å². The van der Waals surface area contributed by atoms with Crippen LogP contribution in [-0.4, -0.2) is 0 Å². The maximum atomic E-state index is 3.35. The zero-order valence-corrected chi connectivity index (χ0v) is 11.5. The Bertz CT molecular complexity index is 390. The molecule has 0 heterocycles. The predicted molar refractivity (Wildman–Crippen MR) is 76.2 cm³/mol. The number of benzene rings is 1. The molecule has 92 valence electrons. The van der Waals surface area contributed by atoms with E-state index in [0.717, 1.165) is 12.8 Å². The largest absolute Gasteiger partial charge is 0.0979 e. The van der Waals surface area contributed by atoms with E-state index in [0.29, 0.717) is 0 Å². The van der Waals surface area contributed by atoms with E-state index in [1.807, 2.05) is 0 Å². The number of hydrogen-bond acceptors (Lipinski definition) is 0. The van der Waals surface area contributed by atoms with E-state index in [-0.39, 0.29) is 0 Å². The van der Waals surface area contributed by atoms with Gasteiger partial charge in [0.2, 0.25) is 0 Å². The molecular weight excluding hydrogens is 204 g/mol. The Hall–Kier alpha value is -1.22. The monoisotopic (exact) mass is 228 g/mol. The Morgan fingerprint density at radius 3 is 2.53 bits per heavy atom. The molecule has 0 bridgehead atoms. The molecule has 0 saturated carbocycles. The van der Waals surface area contributed by atoms with Gasteiger partial charge < -0.3 is 0 Å². The van der Waals surface area contributed by atoms with Crippen LogP contribution in [0.2, 0.25) is 0 Å². The summed E-state index contributed by atoms with van der Waals surface area (Å²) in [5.41, 5.74) is 3.97. The zero-order valence-electron chi connectivity index (χ0n) is 11.5. The van der Waals surface area contributed by atoms with Crippen molar-refractivity contribution in [2.24, 2.45) is 0 Å². The Morgan fingerprint density at radius 1 is 1.06 bits per heavy atom. The van der Waals surface area contributed by atoms with Gasteiger partial charge in [0.05, 0.1) is 0 Å². The molecule has 0 atom stereocenters. The Balaban J connectivity index is 2.78. The van der Waals surface area contributed by atoms with E-state index in [4.69, 9.17) is 0 Å². The summed E-state index contributed by atoms with van der Waals surface area (Å²) >= 11 is 0. The fraction of sp³-hybridized carbons (Fsp3) is 0.529. The first kappa shape index (κ1) is 13.8. The summed E-state index contributed by atoms with van der Waals surface area (Å²) in [5, 5.41) is 0.